The van der Waals surface area contributed by atoms with Crippen molar-refractivity contribution in [1.29, 1.82) is 0 Å². The van der Waals surface area contributed by atoms with Crippen LogP contribution in [0.4, 0.5) is 0 Å². The molecule has 0 amide bonds. The number of furan rings is 1. The Hall–Kier alpha value is -2.30. The fourth-order valence-corrected chi connectivity index (χ4v) is 2.79. The molecule has 0 saturated heterocycles. The first-order valence-corrected chi connectivity index (χ1v) is 7.77. The van der Waals surface area contributed by atoms with Crippen LogP contribution in [-0.4, -0.2) is 19.3 Å². The van der Waals surface area contributed by atoms with E-state index < -0.39 is 0 Å². The van der Waals surface area contributed by atoms with E-state index in [9.17, 15) is 0 Å². The zero-order chi connectivity index (χ0) is 15.7. The first-order chi connectivity index (χ1) is 10.6. The third-order valence-corrected chi connectivity index (χ3v) is 4.11. The van der Waals surface area contributed by atoms with Gasteiger partial charge in [0.1, 0.15) is 5.76 Å². The number of nitrogens with zero attached hydrogens (tertiary/aromatic N) is 4. The molecule has 22 heavy (non-hydrogen) atoms. The first-order valence-electron chi connectivity index (χ1n) is 7.77. The van der Waals surface area contributed by atoms with E-state index in [4.69, 9.17) is 4.42 Å². The van der Waals surface area contributed by atoms with Gasteiger partial charge in [0.15, 0.2) is 11.6 Å². The summed E-state index contributed by atoms with van der Waals surface area (Å²) in [6.45, 7) is 10.0. The second kappa shape index (κ2) is 5.83. The van der Waals surface area contributed by atoms with Gasteiger partial charge in [-0.3, -0.25) is 4.68 Å². The average molecular weight is 298 g/mol. The predicted molar refractivity (Wildman–Crippen MR) is 85.8 cm³/mol. The van der Waals surface area contributed by atoms with E-state index in [1.165, 1.54) is 11.3 Å². The maximum absolute atomic E-state index is 5.84. The summed E-state index contributed by atoms with van der Waals surface area (Å²) >= 11 is 0. The van der Waals surface area contributed by atoms with Crippen molar-refractivity contribution in [3.63, 3.8) is 0 Å². The molecule has 3 aromatic heterocycles. The highest BCUT2D eigenvalue weighted by Crippen LogP contribution is 2.23. The number of aryl methyl sites for hydroxylation is 3. The maximum Gasteiger partial charge on any atom is 0.176 e. The summed E-state index contributed by atoms with van der Waals surface area (Å²) in [7, 11) is 0. The Balaban J connectivity index is 1.94. The molecule has 0 aliphatic rings. The molecule has 5 nitrogen and oxygen atoms in total. The number of hydrogen-bond acceptors (Lipinski definition) is 3. The van der Waals surface area contributed by atoms with E-state index in [1.54, 1.807) is 0 Å². The highest BCUT2D eigenvalue weighted by atomic mass is 16.3. The van der Waals surface area contributed by atoms with E-state index in [0.717, 1.165) is 42.5 Å². The fourth-order valence-electron chi connectivity index (χ4n) is 2.79. The van der Waals surface area contributed by atoms with Crippen LogP contribution in [0, 0.1) is 13.8 Å². The lowest BCUT2D eigenvalue weighted by Crippen LogP contribution is -2.04. The van der Waals surface area contributed by atoms with Crippen molar-refractivity contribution in [1.82, 2.24) is 19.3 Å². The molecule has 0 atom stereocenters. The van der Waals surface area contributed by atoms with Crippen LogP contribution in [0.3, 0.4) is 0 Å². The molecule has 0 aliphatic heterocycles. The lowest BCUT2D eigenvalue weighted by molar-refractivity contribution is 0.522. The van der Waals surface area contributed by atoms with Crippen LogP contribution in [0.1, 0.15) is 36.6 Å². The van der Waals surface area contributed by atoms with Crippen LogP contribution < -0.4 is 0 Å². The Labute approximate surface area is 130 Å². The molecule has 0 N–H and O–H groups in total. The smallest absolute Gasteiger partial charge is 0.176 e. The number of hydrogen-bond donors (Lipinski definition) is 0. The molecule has 0 fully saturated rings. The molecular formula is C17H22N4O. The van der Waals surface area contributed by atoms with Crippen molar-refractivity contribution in [3.05, 3.63) is 47.2 Å². The van der Waals surface area contributed by atoms with Gasteiger partial charge in [0.05, 0.1) is 12.2 Å². The zero-order valence-corrected chi connectivity index (χ0v) is 13.6. The number of imidazole rings is 1. The van der Waals surface area contributed by atoms with E-state index in [2.05, 4.69) is 42.3 Å². The Morgan fingerprint density at radius 3 is 2.64 bits per heavy atom. The van der Waals surface area contributed by atoms with Crippen LogP contribution in [0.5, 0.6) is 0 Å². The molecule has 0 unspecified atom stereocenters. The van der Waals surface area contributed by atoms with Gasteiger partial charge in [0.2, 0.25) is 0 Å². The normalized spacial score (nSPS) is 11.3. The van der Waals surface area contributed by atoms with Crippen molar-refractivity contribution in [2.75, 3.05) is 0 Å². The minimum Gasteiger partial charge on any atom is -0.458 e. The Morgan fingerprint density at radius 1 is 1.18 bits per heavy atom. The van der Waals surface area contributed by atoms with Crippen LogP contribution in [0.15, 0.2) is 28.9 Å². The quantitative estimate of drug-likeness (QED) is 0.723. The second-order valence-corrected chi connectivity index (χ2v) is 5.46. The SMILES string of the molecule is CCc1ccc(-c2nccn2Cc2c(C)nn(CC)c2C)o1. The Kier molecular flexibility index (Phi) is 3.88. The van der Waals surface area contributed by atoms with Crippen LogP contribution in [0.2, 0.25) is 0 Å². The zero-order valence-electron chi connectivity index (χ0n) is 13.6. The van der Waals surface area contributed by atoms with Gasteiger partial charge in [0, 0.05) is 36.6 Å². The summed E-state index contributed by atoms with van der Waals surface area (Å²) in [5, 5.41) is 4.59. The predicted octanol–water partition coefficient (Wildman–Crippen LogP) is 3.59. The first kappa shape index (κ1) is 14.6. The average Bonchev–Trinajstić information content (AvgIpc) is 3.21. The molecule has 0 saturated carbocycles. The third-order valence-electron chi connectivity index (χ3n) is 4.11. The van der Waals surface area contributed by atoms with Crippen molar-refractivity contribution in [3.8, 4) is 11.6 Å². The standard InChI is InChI=1S/C17H22N4O/c1-5-14-7-8-16(22-14)17-18-9-10-20(17)11-15-12(3)19-21(6-2)13(15)4/h7-10H,5-6,11H2,1-4H3. The maximum atomic E-state index is 5.84. The number of aromatic nitrogens is 4. The van der Waals surface area contributed by atoms with Gasteiger partial charge >= 0.3 is 0 Å². The molecule has 0 aromatic carbocycles. The van der Waals surface area contributed by atoms with Crippen molar-refractivity contribution in [2.45, 2.75) is 47.2 Å². The summed E-state index contributed by atoms with van der Waals surface area (Å²) in [4.78, 5) is 4.46. The van der Waals surface area contributed by atoms with Crippen LogP contribution in [-0.2, 0) is 19.5 Å². The minimum atomic E-state index is 0.759. The van der Waals surface area contributed by atoms with Crippen LogP contribution >= 0.6 is 0 Å². The summed E-state index contributed by atoms with van der Waals surface area (Å²) in [5.74, 6) is 2.67. The summed E-state index contributed by atoms with van der Waals surface area (Å²) in [5.41, 5.74) is 3.55. The summed E-state index contributed by atoms with van der Waals surface area (Å²) in [6.07, 6.45) is 4.70. The van der Waals surface area contributed by atoms with Crippen molar-refractivity contribution >= 4 is 0 Å². The molecule has 3 heterocycles. The molecular weight excluding hydrogens is 276 g/mol. The van der Waals surface area contributed by atoms with Gasteiger partial charge in [-0.05, 0) is 32.9 Å². The largest absolute Gasteiger partial charge is 0.458 e. The molecule has 0 spiro atoms. The van der Waals surface area contributed by atoms with E-state index in [0.29, 0.717) is 0 Å². The molecule has 116 valence electrons. The molecule has 3 rings (SSSR count). The Morgan fingerprint density at radius 2 is 2.00 bits per heavy atom. The van der Waals surface area contributed by atoms with E-state index in [-0.39, 0.29) is 0 Å². The molecule has 5 heteroatoms. The summed E-state index contributed by atoms with van der Waals surface area (Å²) in [6, 6.07) is 4.01. The van der Waals surface area contributed by atoms with Gasteiger partial charge in [-0.2, -0.15) is 5.10 Å². The minimum absolute atomic E-state index is 0.759. The van der Waals surface area contributed by atoms with Crippen molar-refractivity contribution < 1.29 is 4.42 Å². The molecule has 0 bridgehead atoms. The molecule has 0 aliphatic carbocycles. The monoisotopic (exact) mass is 298 g/mol. The van der Waals surface area contributed by atoms with Gasteiger partial charge < -0.3 is 8.98 Å². The van der Waals surface area contributed by atoms with E-state index in [1.807, 2.05) is 29.2 Å². The topological polar surface area (TPSA) is 48.8 Å². The lowest BCUT2D eigenvalue weighted by Gasteiger charge is -2.07. The van der Waals surface area contributed by atoms with Crippen molar-refractivity contribution in [2.24, 2.45) is 0 Å². The van der Waals surface area contributed by atoms with Crippen LogP contribution in [0.25, 0.3) is 11.6 Å². The highest BCUT2D eigenvalue weighted by Gasteiger charge is 2.15. The van der Waals surface area contributed by atoms with Gasteiger partial charge in [-0.1, -0.05) is 6.92 Å². The third kappa shape index (κ3) is 2.47. The number of rotatable bonds is 5. The van der Waals surface area contributed by atoms with Gasteiger partial charge in [-0.25, -0.2) is 4.98 Å². The Bertz CT molecular complexity index is 779. The van der Waals surface area contributed by atoms with Gasteiger partial charge in [-0.15, -0.1) is 0 Å². The summed E-state index contributed by atoms with van der Waals surface area (Å²) < 4.78 is 10.0. The second-order valence-electron chi connectivity index (χ2n) is 5.46. The van der Waals surface area contributed by atoms with Gasteiger partial charge in [0.25, 0.3) is 0 Å². The highest BCUT2D eigenvalue weighted by molar-refractivity contribution is 5.48. The molecule has 0 radical (unpaired) electrons. The molecule has 3 aromatic rings. The van der Waals surface area contributed by atoms with E-state index >= 15 is 0 Å². The lowest BCUT2D eigenvalue weighted by atomic mass is 10.2. The fraction of sp³-hybridized carbons (Fsp3) is 0.412.